The summed E-state index contributed by atoms with van der Waals surface area (Å²) in [5.41, 5.74) is 2.53. The first-order valence-corrected chi connectivity index (χ1v) is 11.7. The molecule has 0 aromatic heterocycles. The monoisotopic (exact) mass is 486 g/mol. The molecule has 2 saturated heterocycles. The van der Waals surface area contributed by atoms with Crippen LogP contribution in [-0.2, 0) is 17.8 Å². The molecule has 5 rings (SSSR count). The third-order valence-electron chi connectivity index (χ3n) is 6.66. The van der Waals surface area contributed by atoms with Gasteiger partial charge in [-0.15, -0.1) is 0 Å². The third kappa shape index (κ3) is 4.55. The highest BCUT2D eigenvalue weighted by atomic mass is 35.5. The van der Waals surface area contributed by atoms with E-state index in [4.69, 9.17) is 32.7 Å². The topological polar surface area (TPSA) is 59.1 Å². The predicted octanol–water partition coefficient (Wildman–Crippen LogP) is 5.32. The number of carbonyl (C=O) groups is 2. The Morgan fingerprint density at radius 1 is 1.03 bits per heavy atom. The van der Waals surface area contributed by atoms with Crippen molar-refractivity contribution in [3.05, 3.63) is 75.5 Å². The Labute approximate surface area is 202 Å². The number of amides is 2. The number of hydrogen-bond donors (Lipinski definition) is 0. The lowest BCUT2D eigenvalue weighted by molar-refractivity contribution is -0.0319. The average molecular weight is 487 g/mol. The first-order valence-electron chi connectivity index (χ1n) is 10.9. The van der Waals surface area contributed by atoms with Gasteiger partial charge >= 0.3 is 6.09 Å². The lowest BCUT2D eigenvalue weighted by Gasteiger charge is -2.53. The maximum atomic E-state index is 12.9. The third-order valence-corrected chi connectivity index (χ3v) is 7.10. The summed E-state index contributed by atoms with van der Waals surface area (Å²) in [4.78, 5) is 29.0. The molecule has 3 heterocycles. The molecule has 0 N–H and O–H groups in total. The average Bonchev–Trinajstić information content (AvgIpc) is 3.14. The molecule has 2 fully saturated rings. The molecule has 3 aliphatic heterocycles. The second-order valence-corrected chi connectivity index (χ2v) is 9.99. The second kappa shape index (κ2) is 8.58. The summed E-state index contributed by atoms with van der Waals surface area (Å²) in [5, 5.41) is 1.02. The Hall–Kier alpha value is -2.70. The number of halogens is 2. The van der Waals surface area contributed by atoms with Crippen LogP contribution in [0.5, 0.6) is 5.75 Å². The van der Waals surface area contributed by atoms with E-state index in [1.54, 1.807) is 23.1 Å². The Morgan fingerprint density at radius 3 is 2.42 bits per heavy atom. The van der Waals surface area contributed by atoms with Gasteiger partial charge < -0.3 is 19.3 Å². The number of nitrogens with zero attached hydrogens (tertiary/aromatic N) is 2. The van der Waals surface area contributed by atoms with Crippen molar-refractivity contribution >= 4 is 35.2 Å². The molecule has 33 heavy (non-hydrogen) atoms. The van der Waals surface area contributed by atoms with Gasteiger partial charge in [-0.1, -0.05) is 35.8 Å². The van der Waals surface area contributed by atoms with Crippen molar-refractivity contribution in [1.29, 1.82) is 0 Å². The molecule has 0 bridgehead atoms. The van der Waals surface area contributed by atoms with Gasteiger partial charge in [-0.25, -0.2) is 4.79 Å². The molecule has 172 valence electrons. The minimum atomic E-state index is -0.340. The van der Waals surface area contributed by atoms with Crippen LogP contribution < -0.4 is 4.74 Å². The molecule has 0 aliphatic carbocycles. The predicted molar refractivity (Wildman–Crippen MR) is 126 cm³/mol. The summed E-state index contributed by atoms with van der Waals surface area (Å²) >= 11 is 12.0. The van der Waals surface area contributed by atoms with Crippen LogP contribution >= 0.6 is 23.2 Å². The van der Waals surface area contributed by atoms with Crippen LogP contribution in [0.25, 0.3) is 0 Å². The number of ether oxygens (including phenoxy) is 2. The summed E-state index contributed by atoms with van der Waals surface area (Å²) in [6.07, 6.45) is 2.06. The number of benzene rings is 2. The van der Waals surface area contributed by atoms with E-state index in [1.165, 1.54) is 0 Å². The van der Waals surface area contributed by atoms with E-state index in [-0.39, 0.29) is 24.0 Å². The first-order chi connectivity index (χ1) is 15.8. The molecule has 6 nitrogen and oxygen atoms in total. The Balaban J connectivity index is 1.11. The van der Waals surface area contributed by atoms with E-state index < -0.39 is 0 Å². The lowest BCUT2D eigenvalue weighted by atomic mass is 9.72. The van der Waals surface area contributed by atoms with E-state index in [2.05, 4.69) is 6.58 Å². The van der Waals surface area contributed by atoms with Crippen molar-refractivity contribution in [1.82, 2.24) is 9.80 Å². The van der Waals surface area contributed by atoms with Crippen LogP contribution in [0.1, 0.15) is 34.3 Å². The van der Waals surface area contributed by atoms with Gasteiger partial charge in [0, 0.05) is 59.2 Å². The summed E-state index contributed by atoms with van der Waals surface area (Å²) in [5.74, 6) is 1.46. The molecular weight excluding hydrogens is 463 g/mol. The Kier molecular flexibility index (Phi) is 5.75. The standard InChI is InChI=1S/C25H24Cl2N2O4/c1-16-8-18-2-3-19(11-22(18)33-16)23(30)29-14-25(15-29)4-6-28(7-5-25)24(31)32-13-17-9-20(26)12-21(27)10-17/h2-3,9-12H,1,4-8,13-15H2. The number of carbonyl (C=O) groups excluding carboxylic acids is 2. The number of fused-ring (bicyclic) bond motifs is 1. The van der Waals surface area contributed by atoms with Crippen LogP contribution in [0.15, 0.2) is 48.7 Å². The van der Waals surface area contributed by atoms with Crippen LogP contribution in [0.4, 0.5) is 4.79 Å². The molecule has 0 saturated carbocycles. The number of hydrogen-bond acceptors (Lipinski definition) is 4. The minimum Gasteiger partial charge on any atom is -0.462 e. The normalized spacial score (nSPS) is 18.5. The number of rotatable bonds is 3. The number of likely N-dealkylation sites (tertiary alicyclic amines) is 2. The van der Waals surface area contributed by atoms with Gasteiger partial charge in [-0.3, -0.25) is 4.79 Å². The van der Waals surface area contributed by atoms with Gasteiger partial charge in [0.05, 0.1) is 0 Å². The fourth-order valence-electron chi connectivity index (χ4n) is 4.83. The number of piperidine rings is 1. The quantitative estimate of drug-likeness (QED) is 0.589. The first kappa shape index (κ1) is 22.1. The summed E-state index contributed by atoms with van der Waals surface area (Å²) in [7, 11) is 0. The van der Waals surface area contributed by atoms with Crippen molar-refractivity contribution in [2.24, 2.45) is 5.41 Å². The van der Waals surface area contributed by atoms with Crippen LogP contribution in [-0.4, -0.2) is 48.0 Å². The summed E-state index contributed by atoms with van der Waals surface area (Å²) in [6.45, 7) is 6.63. The van der Waals surface area contributed by atoms with Gasteiger partial charge in [0.2, 0.25) is 0 Å². The smallest absolute Gasteiger partial charge is 0.410 e. The molecule has 2 aromatic rings. The van der Waals surface area contributed by atoms with E-state index in [0.29, 0.717) is 54.0 Å². The van der Waals surface area contributed by atoms with Gasteiger partial charge in [-0.2, -0.15) is 0 Å². The van der Waals surface area contributed by atoms with E-state index in [1.807, 2.05) is 23.1 Å². The minimum absolute atomic E-state index is 0.0200. The highest BCUT2D eigenvalue weighted by Gasteiger charge is 2.47. The maximum absolute atomic E-state index is 12.9. The molecule has 0 radical (unpaired) electrons. The molecule has 0 atom stereocenters. The molecule has 2 amide bonds. The van der Waals surface area contributed by atoms with Crippen molar-refractivity contribution < 1.29 is 19.1 Å². The summed E-state index contributed by atoms with van der Waals surface area (Å²) < 4.78 is 11.1. The zero-order valence-electron chi connectivity index (χ0n) is 18.1. The van der Waals surface area contributed by atoms with Crippen molar-refractivity contribution in [3.63, 3.8) is 0 Å². The molecule has 8 heteroatoms. The Bertz CT molecular complexity index is 1110. The molecule has 1 spiro atoms. The highest BCUT2D eigenvalue weighted by molar-refractivity contribution is 6.34. The molecular formula is C25H24Cl2N2O4. The van der Waals surface area contributed by atoms with Crippen LogP contribution in [0.3, 0.4) is 0 Å². The van der Waals surface area contributed by atoms with E-state index >= 15 is 0 Å². The van der Waals surface area contributed by atoms with Crippen molar-refractivity contribution in [3.8, 4) is 5.75 Å². The second-order valence-electron chi connectivity index (χ2n) is 9.12. The van der Waals surface area contributed by atoms with E-state index in [9.17, 15) is 9.59 Å². The van der Waals surface area contributed by atoms with Crippen LogP contribution in [0, 0.1) is 5.41 Å². The van der Waals surface area contributed by atoms with E-state index in [0.717, 1.165) is 29.7 Å². The fourth-order valence-corrected chi connectivity index (χ4v) is 5.40. The zero-order valence-corrected chi connectivity index (χ0v) is 19.6. The highest BCUT2D eigenvalue weighted by Crippen LogP contribution is 2.41. The van der Waals surface area contributed by atoms with Crippen LogP contribution in [0.2, 0.25) is 10.0 Å². The Morgan fingerprint density at radius 2 is 1.73 bits per heavy atom. The number of allylic oxidation sites excluding steroid dienone is 1. The van der Waals surface area contributed by atoms with Crippen molar-refractivity contribution in [2.75, 3.05) is 26.2 Å². The summed E-state index contributed by atoms with van der Waals surface area (Å²) in [6, 6.07) is 10.7. The maximum Gasteiger partial charge on any atom is 0.410 e. The fraction of sp³-hybridized carbons (Fsp3) is 0.360. The largest absolute Gasteiger partial charge is 0.462 e. The lowest BCUT2D eigenvalue weighted by Crippen LogP contribution is -2.62. The van der Waals surface area contributed by atoms with Gasteiger partial charge in [0.25, 0.3) is 5.91 Å². The SMILES string of the molecule is C=C1Cc2ccc(C(=O)N3CC4(CCN(C(=O)OCc5cc(Cl)cc(Cl)c5)CC4)C3)cc2O1. The van der Waals surface area contributed by atoms with Gasteiger partial charge in [0.1, 0.15) is 18.1 Å². The molecule has 2 aromatic carbocycles. The molecule has 3 aliphatic rings. The van der Waals surface area contributed by atoms with Gasteiger partial charge in [0.15, 0.2) is 0 Å². The zero-order chi connectivity index (χ0) is 23.2. The molecule has 0 unspecified atom stereocenters. The van der Waals surface area contributed by atoms with Gasteiger partial charge in [-0.05, 0) is 48.7 Å². The van der Waals surface area contributed by atoms with Crippen molar-refractivity contribution in [2.45, 2.75) is 25.9 Å².